The van der Waals surface area contributed by atoms with Crippen LogP contribution in [0.2, 0.25) is 0 Å². The summed E-state index contributed by atoms with van der Waals surface area (Å²) in [7, 11) is 0. The molecule has 32 heavy (non-hydrogen) atoms. The number of hydrogen-bond donors (Lipinski definition) is 0. The minimum atomic E-state index is -4.94. The standard InChI is InChI=1S/C22H18F6N2O2/c23-21(24,25)16-10-15(11-17(12-16)22(26,27)28)20-18-7-4-8-29(20)13-30(32-18)19(31)9-14-5-2-1-3-6-14/h1-7,10-12,18,20H,8-9,13H2/t18-,20+/m0/s1. The maximum absolute atomic E-state index is 13.3. The quantitative estimate of drug-likeness (QED) is 0.483. The number of hydrogen-bond acceptors (Lipinski definition) is 3. The van der Waals surface area contributed by atoms with Crippen LogP contribution in [0.15, 0.2) is 60.7 Å². The number of benzene rings is 2. The fourth-order valence-electron chi connectivity index (χ4n) is 3.89. The van der Waals surface area contributed by atoms with Crippen LogP contribution in [-0.4, -0.2) is 35.2 Å². The number of halogens is 6. The van der Waals surface area contributed by atoms with Gasteiger partial charge in [0.1, 0.15) is 12.8 Å². The van der Waals surface area contributed by atoms with Crippen LogP contribution in [0.1, 0.15) is 28.3 Å². The van der Waals surface area contributed by atoms with Gasteiger partial charge in [-0.15, -0.1) is 0 Å². The minimum absolute atomic E-state index is 0.0531. The van der Waals surface area contributed by atoms with Gasteiger partial charge in [-0.3, -0.25) is 14.5 Å². The van der Waals surface area contributed by atoms with Gasteiger partial charge in [-0.25, -0.2) is 5.06 Å². The van der Waals surface area contributed by atoms with Crippen LogP contribution >= 0.6 is 0 Å². The van der Waals surface area contributed by atoms with E-state index in [1.165, 1.54) is 0 Å². The third-order valence-electron chi connectivity index (χ3n) is 5.36. The van der Waals surface area contributed by atoms with Gasteiger partial charge in [0.15, 0.2) is 0 Å². The molecule has 0 aliphatic carbocycles. The van der Waals surface area contributed by atoms with Gasteiger partial charge >= 0.3 is 12.4 Å². The summed E-state index contributed by atoms with van der Waals surface area (Å²) >= 11 is 0. The Morgan fingerprint density at radius 2 is 1.59 bits per heavy atom. The summed E-state index contributed by atoms with van der Waals surface area (Å²) in [5, 5.41) is 1.11. The molecule has 0 aromatic heterocycles. The van der Waals surface area contributed by atoms with Crippen LogP contribution in [0.4, 0.5) is 26.3 Å². The first kappa shape index (κ1) is 22.3. The number of carbonyl (C=O) groups is 1. The molecule has 0 saturated carbocycles. The summed E-state index contributed by atoms with van der Waals surface area (Å²) < 4.78 is 79.7. The minimum Gasteiger partial charge on any atom is -0.272 e. The Kier molecular flexibility index (Phi) is 5.76. The normalized spacial score (nSPS) is 23.3. The van der Waals surface area contributed by atoms with E-state index in [0.29, 0.717) is 12.1 Å². The van der Waals surface area contributed by atoms with Gasteiger partial charge in [0, 0.05) is 6.54 Å². The molecule has 4 rings (SSSR count). The summed E-state index contributed by atoms with van der Waals surface area (Å²) in [4.78, 5) is 20.0. The first-order valence-electron chi connectivity index (χ1n) is 9.73. The molecule has 2 heterocycles. The van der Waals surface area contributed by atoms with Gasteiger partial charge in [0.05, 0.1) is 23.6 Å². The predicted molar refractivity (Wildman–Crippen MR) is 102 cm³/mol. The number of nitrogens with zero attached hydrogens (tertiary/aromatic N) is 2. The maximum Gasteiger partial charge on any atom is 0.416 e. The number of fused-ring (bicyclic) bond motifs is 2. The van der Waals surface area contributed by atoms with Crippen LogP contribution < -0.4 is 0 Å². The van der Waals surface area contributed by atoms with Crippen molar-refractivity contribution in [2.75, 3.05) is 13.2 Å². The van der Waals surface area contributed by atoms with Gasteiger partial charge in [-0.1, -0.05) is 42.5 Å². The molecule has 2 aromatic carbocycles. The second-order valence-corrected chi connectivity index (χ2v) is 7.63. The van der Waals surface area contributed by atoms with Crippen molar-refractivity contribution in [2.45, 2.75) is 30.9 Å². The van der Waals surface area contributed by atoms with E-state index in [1.807, 2.05) is 0 Å². The fourth-order valence-corrected chi connectivity index (χ4v) is 3.89. The first-order chi connectivity index (χ1) is 15.0. The number of hydroxylamine groups is 2. The van der Waals surface area contributed by atoms with Gasteiger partial charge < -0.3 is 0 Å². The van der Waals surface area contributed by atoms with Crippen LogP contribution in [0.3, 0.4) is 0 Å². The maximum atomic E-state index is 13.3. The molecule has 170 valence electrons. The Morgan fingerprint density at radius 3 is 2.16 bits per heavy atom. The van der Waals surface area contributed by atoms with Crippen molar-refractivity contribution < 1.29 is 36.0 Å². The molecule has 1 unspecified atom stereocenters. The van der Waals surface area contributed by atoms with E-state index in [9.17, 15) is 31.1 Å². The number of alkyl halides is 6. The van der Waals surface area contributed by atoms with E-state index >= 15 is 0 Å². The molecular formula is C22H18F6N2O2. The van der Waals surface area contributed by atoms with Crippen molar-refractivity contribution in [1.82, 2.24) is 9.96 Å². The average molecular weight is 456 g/mol. The highest BCUT2D eigenvalue weighted by Crippen LogP contribution is 2.41. The Bertz CT molecular complexity index is 987. The monoisotopic (exact) mass is 456 g/mol. The summed E-state index contributed by atoms with van der Waals surface area (Å²) in [6, 6.07) is 9.54. The molecule has 2 aliphatic rings. The first-order valence-corrected chi connectivity index (χ1v) is 9.73. The lowest BCUT2D eigenvalue weighted by molar-refractivity contribution is -0.254. The summed E-state index contributed by atoms with van der Waals surface area (Å²) in [6.07, 6.45) is -7.48. The van der Waals surface area contributed by atoms with Gasteiger partial charge in [-0.2, -0.15) is 26.3 Å². The van der Waals surface area contributed by atoms with E-state index < -0.39 is 35.6 Å². The van der Waals surface area contributed by atoms with Crippen LogP contribution in [0.5, 0.6) is 0 Å². The zero-order chi connectivity index (χ0) is 23.1. The molecule has 0 N–H and O–H groups in total. The molecule has 2 aromatic rings. The van der Waals surface area contributed by atoms with Crippen molar-refractivity contribution >= 4 is 5.91 Å². The second-order valence-electron chi connectivity index (χ2n) is 7.63. The lowest BCUT2D eigenvalue weighted by atomic mass is 9.92. The smallest absolute Gasteiger partial charge is 0.272 e. The van der Waals surface area contributed by atoms with E-state index in [2.05, 4.69) is 0 Å². The highest BCUT2D eigenvalue weighted by molar-refractivity contribution is 5.77. The van der Waals surface area contributed by atoms with Crippen LogP contribution in [0.25, 0.3) is 0 Å². The fraction of sp³-hybridized carbons (Fsp3) is 0.318. The largest absolute Gasteiger partial charge is 0.416 e. The molecule has 4 nitrogen and oxygen atoms in total. The van der Waals surface area contributed by atoms with Gasteiger partial charge in [-0.05, 0) is 29.3 Å². The van der Waals surface area contributed by atoms with Crippen molar-refractivity contribution in [1.29, 1.82) is 0 Å². The molecule has 2 aliphatic heterocycles. The van der Waals surface area contributed by atoms with Crippen molar-refractivity contribution in [3.05, 3.63) is 82.9 Å². The molecule has 2 bridgehead atoms. The highest BCUT2D eigenvalue weighted by atomic mass is 19.4. The zero-order valence-corrected chi connectivity index (χ0v) is 16.5. The Hall–Kier alpha value is -2.85. The highest BCUT2D eigenvalue weighted by Gasteiger charge is 2.43. The molecule has 1 amide bonds. The molecule has 10 heteroatoms. The SMILES string of the molecule is O=C(Cc1ccccc1)N1CN2CC=C[C@H](O1)[C@H]2c1cc(C(F)(F)F)cc(C(F)(F)F)c1. The topological polar surface area (TPSA) is 32.8 Å². The molecule has 3 atom stereocenters. The van der Waals surface area contributed by atoms with Crippen molar-refractivity contribution in [3.8, 4) is 0 Å². The molecule has 1 fully saturated rings. The third-order valence-corrected chi connectivity index (χ3v) is 5.36. The lowest BCUT2D eigenvalue weighted by Gasteiger charge is -2.46. The Balaban J connectivity index is 1.62. The molecule has 1 saturated heterocycles. The van der Waals surface area contributed by atoms with E-state index in [4.69, 9.17) is 4.84 Å². The molecular weight excluding hydrogens is 438 g/mol. The Morgan fingerprint density at radius 1 is 0.969 bits per heavy atom. The summed E-state index contributed by atoms with van der Waals surface area (Å²) in [5.74, 6) is -0.361. The number of carbonyl (C=O) groups excluding carboxylic acids is 1. The average Bonchev–Trinajstić information content (AvgIpc) is 2.72. The second kappa shape index (κ2) is 8.25. The Labute approximate surface area is 179 Å². The molecule has 0 radical (unpaired) electrons. The summed E-state index contributed by atoms with van der Waals surface area (Å²) in [5.41, 5.74) is -2.18. The number of amides is 1. The van der Waals surface area contributed by atoms with E-state index in [0.717, 1.165) is 10.6 Å². The predicted octanol–water partition coefficient (Wildman–Crippen LogP) is 4.98. The van der Waals surface area contributed by atoms with Crippen LogP contribution in [0, 0.1) is 0 Å². The van der Waals surface area contributed by atoms with Crippen LogP contribution in [-0.2, 0) is 28.4 Å². The molecule has 0 spiro atoms. The zero-order valence-electron chi connectivity index (χ0n) is 16.5. The van der Waals surface area contributed by atoms with Crippen molar-refractivity contribution in [2.24, 2.45) is 0 Å². The van der Waals surface area contributed by atoms with Gasteiger partial charge in [0.2, 0.25) is 0 Å². The van der Waals surface area contributed by atoms with E-state index in [-0.39, 0.29) is 37.2 Å². The lowest BCUT2D eigenvalue weighted by Crippen LogP contribution is -2.55. The van der Waals surface area contributed by atoms with Gasteiger partial charge in [0.25, 0.3) is 5.91 Å². The van der Waals surface area contributed by atoms with Crippen molar-refractivity contribution in [3.63, 3.8) is 0 Å². The summed E-state index contributed by atoms with van der Waals surface area (Å²) in [6.45, 7) is 0.159. The van der Waals surface area contributed by atoms with E-state index in [1.54, 1.807) is 47.4 Å². The number of rotatable bonds is 3. The third kappa shape index (κ3) is 4.66.